The van der Waals surface area contributed by atoms with E-state index in [9.17, 15) is 9.59 Å². The van der Waals surface area contributed by atoms with E-state index in [-0.39, 0.29) is 30.7 Å². The average molecular weight is 328 g/mol. The van der Waals surface area contributed by atoms with Gasteiger partial charge in [-0.05, 0) is 26.0 Å². The number of likely N-dealkylation sites (tertiary alicyclic amines) is 1. The number of nitrogens with one attached hydrogen (secondary N) is 2. The van der Waals surface area contributed by atoms with Gasteiger partial charge in [0.1, 0.15) is 5.82 Å². The molecule has 0 radical (unpaired) electrons. The van der Waals surface area contributed by atoms with Crippen molar-refractivity contribution in [2.75, 3.05) is 7.05 Å². The van der Waals surface area contributed by atoms with Gasteiger partial charge in [-0.15, -0.1) is 0 Å². The van der Waals surface area contributed by atoms with Crippen LogP contribution in [-0.2, 0) is 16.1 Å². The first kappa shape index (κ1) is 16.1. The Hall–Kier alpha value is -2.77. The summed E-state index contributed by atoms with van der Waals surface area (Å²) in [6, 6.07) is 3.63. The summed E-state index contributed by atoms with van der Waals surface area (Å²) in [5, 5.41) is 9.79. The highest BCUT2D eigenvalue weighted by atomic mass is 16.2. The molecule has 24 heavy (non-hydrogen) atoms. The summed E-state index contributed by atoms with van der Waals surface area (Å²) in [6.07, 6.45) is 3.57. The normalized spacial score (nSPS) is 19.5. The molecule has 2 amide bonds. The summed E-state index contributed by atoms with van der Waals surface area (Å²) in [4.78, 5) is 34.2. The van der Waals surface area contributed by atoms with Crippen LogP contribution in [0.4, 0.5) is 0 Å². The number of aromatic amines is 1. The number of hydrogen-bond acceptors (Lipinski definition) is 5. The van der Waals surface area contributed by atoms with Crippen molar-refractivity contribution in [3.05, 3.63) is 30.4 Å². The zero-order valence-electron chi connectivity index (χ0n) is 13.9. The van der Waals surface area contributed by atoms with Gasteiger partial charge in [-0.3, -0.25) is 19.7 Å². The van der Waals surface area contributed by atoms with Gasteiger partial charge in [-0.25, -0.2) is 4.98 Å². The zero-order chi connectivity index (χ0) is 17.3. The second-order valence-electron chi connectivity index (χ2n) is 6.42. The van der Waals surface area contributed by atoms with Crippen LogP contribution in [0.2, 0.25) is 0 Å². The summed E-state index contributed by atoms with van der Waals surface area (Å²) in [5.41, 5.74) is 0.355. The van der Waals surface area contributed by atoms with Gasteiger partial charge in [0.25, 0.3) is 0 Å². The van der Waals surface area contributed by atoms with Crippen molar-refractivity contribution >= 4 is 11.8 Å². The number of rotatable bonds is 4. The van der Waals surface area contributed by atoms with Gasteiger partial charge in [0.2, 0.25) is 11.8 Å². The lowest BCUT2D eigenvalue weighted by Crippen LogP contribution is -2.46. The minimum absolute atomic E-state index is 0.0141. The number of H-pyrrole nitrogens is 1. The Labute approximate surface area is 139 Å². The van der Waals surface area contributed by atoms with E-state index in [2.05, 4.69) is 25.5 Å². The van der Waals surface area contributed by atoms with E-state index in [0.29, 0.717) is 11.6 Å². The minimum Gasteiger partial charge on any atom is -0.348 e. The number of carbonyl (C=O) groups excluding carboxylic acids is 2. The molecule has 1 atom stereocenters. The highest BCUT2D eigenvalue weighted by Gasteiger charge is 2.47. The number of pyridine rings is 1. The second kappa shape index (κ2) is 6.03. The Kier molecular flexibility index (Phi) is 4.04. The molecule has 0 aliphatic carbocycles. The summed E-state index contributed by atoms with van der Waals surface area (Å²) in [5.74, 6) is 0.570. The van der Waals surface area contributed by atoms with E-state index in [1.165, 1.54) is 0 Å². The smallest absolute Gasteiger partial charge is 0.226 e. The first-order chi connectivity index (χ1) is 11.4. The third-order valence-electron chi connectivity index (χ3n) is 4.69. The van der Waals surface area contributed by atoms with Crippen molar-refractivity contribution in [2.24, 2.45) is 5.92 Å². The van der Waals surface area contributed by atoms with Crippen LogP contribution < -0.4 is 5.32 Å². The van der Waals surface area contributed by atoms with Gasteiger partial charge in [0.15, 0.2) is 5.82 Å². The molecule has 1 aliphatic rings. The molecule has 126 valence electrons. The van der Waals surface area contributed by atoms with Crippen LogP contribution in [0.5, 0.6) is 0 Å². The van der Waals surface area contributed by atoms with Crippen molar-refractivity contribution in [1.29, 1.82) is 0 Å². The first-order valence-electron chi connectivity index (χ1n) is 7.75. The standard InChI is InChI=1S/C16H20N6O2/c1-16(2)11(8-13(23)22(16)3)15(24)18-9-12-19-14(21-20-12)10-4-6-17-7-5-10/h4-7,11H,8-9H2,1-3H3,(H,18,24)(H,19,20,21)/t11-/m0/s1. The van der Waals surface area contributed by atoms with Gasteiger partial charge in [0.05, 0.1) is 12.5 Å². The van der Waals surface area contributed by atoms with Gasteiger partial charge in [-0.1, -0.05) is 0 Å². The largest absolute Gasteiger partial charge is 0.348 e. The summed E-state index contributed by atoms with van der Waals surface area (Å²) >= 11 is 0. The van der Waals surface area contributed by atoms with Crippen LogP contribution in [0.1, 0.15) is 26.1 Å². The molecular weight excluding hydrogens is 308 g/mol. The Morgan fingerprint density at radius 2 is 2.12 bits per heavy atom. The van der Waals surface area contributed by atoms with E-state index < -0.39 is 5.54 Å². The monoisotopic (exact) mass is 328 g/mol. The lowest BCUT2D eigenvalue weighted by molar-refractivity contribution is -0.128. The van der Waals surface area contributed by atoms with E-state index in [4.69, 9.17) is 0 Å². The van der Waals surface area contributed by atoms with Crippen molar-refractivity contribution < 1.29 is 9.59 Å². The number of aromatic nitrogens is 4. The van der Waals surface area contributed by atoms with Crippen LogP contribution in [-0.4, -0.2) is 49.5 Å². The van der Waals surface area contributed by atoms with Gasteiger partial charge < -0.3 is 10.2 Å². The fourth-order valence-corrected chi connectivity index (χ4v) is 2.83. The average Bonchev–Trinajstić information content (AvgIpc) is 3.13. The summed E-state index contributed by atoms with van der Waals surface area (Å²) in [7, 11) is 1.73. The first-order valence-corrected chi connectivity index (χ1v) is 7.75. The van der Waals surface area contributed by atoms with Gasteiger partial charge in [-0.2, -0.15) is 5.10 Å². The van der Waals surface area contributed by atoms with Gasteiger partial charge >= 0.3 is 0 Å². The lowest BCUT2D eigenvalue weighted by Gasteiger charge is -2.32. The molecule has 3 heterocycles. The predicted octanol–water partition coefficient (Wildman–Crippen LogP) is 0.740. The number of carbonyl (C=O) groups is 2. The molecule has 2 N–H and O–H groups in total. The molecule has 2 aromatic heterocycles. The summed E-state index contributed by atoms with van der Waals surface area (Å²) in [6.45, 7) is 4.04. The SMILES string of the molecule is CN1C(=O)C[C@@H](C(=O)NCc2nc(-c3ccncc3)n[nH]2)C1(C)C. The van der Waals surface area contributed by atoms with Crippen molar-refractivity contribution in [1.82, 2.24) is 30.4 Å². The molecule has 1 fully saturated rings. The zero-order valence-corrected chi connectivity index (χ0v) is 13.9. The number of amides is 2. The summed E-state index contributed by atoms with van der Waals surface area (Å²) < 4.78 is 0. The Morgan fingerprint density at radius 3 is 2.75 bits per heavy atom. The predicted molar refractivity (Wildman–Crippen MR) is 86.4 cm³/mol. The minimum atomic E-state index is -0.495. The van der Waals surface area contributed by atoms with Crippen LogP contribution in [0, 0.1) is 5.92 Å². The molecule has 0 spiro atoms. The highest BCUT2D eigenvalue weighted by molar-refractivity contribution is 5.90. The molecule has 0 saturated carbocycles. The lowest BCUT2D eigenvalue weighted by atomic mass is 9.88. The highest BCUT2D eigenvalue weighted by Crippen LogP contribution is 2.34. The van der Waals surface area contributed by atoms with Crippen LogP contribution >= 0.6 is 0 Å². The Balaban J connectivity index is 1.63. The Morgan fingerprint density at radius 1 is 1.42 bits per heavy atom. The van der Waals surface area contributed by atoms with E-state index in [0.717, 1.165) is 5.56 Å². The van der Waals surface area contributed by atoms with Gasteiger partial charge in [0, 0.05) is 37.0 Å². The quantitative estimate of drug-likeness (QED) is 0.861. The molecule has 1 saturated heterocycles. The maximum Gasteiger partial charge on any atom is 0.226 e. The van der Waals surface area contributed by atoms with Crippen molar-refractivity contribution in [3.63, 3.8) is 0 Å². The third-order valence-corrected chi connectivity index (χ3v) is 4.69. The second-order valence-corrected chi connectivity index (χ2v) is 6.42. The maximum absolute atomic E-state index is 12.4. The maximum atomic E-state index is 12.4. The van der Waals surface area contributed by atoms with E-state index in [1.54, 1.807) is 24.3 Å². The molecule has 0 unspecified atom stereocenters. The third kappa shape index (κ3) is 2.86. The number of hydrogen-bond donors (Lipinski definition) is 2. The molecular formula is C16H20N6O2. The van der Waals surface area contributed by atoms with Crippen LogP contribution in [0.3, 0.4) is 0 Å². The fourth-order valence-electron chi connectivity index (χ4n) is 2.83. The Bertz CT molecular complexity index is 755. The fraction of sp³-hybridized carbons (Fsp3) is 0.438. The topological polar surface area (TPSA) is 104 Å². The van der Waals surface area contributed by atoms with Crippen molar-refractivity contribution in [2.45, 2.75) is 32.4 Å². The molecule has 0 bridgehead atoms. The number of nitrogens with zero attached hydrogens (tertiary/aromatic N) is 4. The van der Waals surface area contributed by atoms with E-state index in [1.807, 2.05) is 26.0 Å². The molecule has 8 nitrogen and oxygen atoms in total. The molecule has 0 aromatic carbocycles. The molecule has 1 aliphatic heterocycles. The van der Waals surface area contributed by atoms with Crippen LogP contribution in [0.15, 0.2) is 24.5 Å². The van der Waals surface area contributed by atoms with E-state index >= 15 is 0 Å². The molecule has 2 aromatic rings. The van der Waals surface area contributed by atoms with Crippen molar-refractivity contribution in [3.8, 4) is 11.4 Å². The molecule has 8 heteroatoms. The van der Waals surface area contributed by atoms with Crippen LogP contribution in [0.25, 0.3) is 11.4 Å². The molecule has 3 rings (SSSR count).